The third-order valence-corrected chi connectivity index (χ3v) is 3.36. The molecule has 1 aliphatic rings. The number of Topliss-reactive ketones (excluding diaryl/α,β-unsaturated/α-hetero) is 2. The second-order valence-corrected chi connectivity index (χ2v) is 4.53. The number of hydrogen-bond acceptors (Lipinski definition) is 3. The summed E-state index contributed by atoms with van der Waals surface area (Å²) in [6, 6.07) is 6.54. The minimum Gasteiger partial charge on any atom is -0.507 e. The van der Waals surface area contributed by atoms with Gasteiger partial charge in [0.05, 0.1) is 5.56 Å². The van der Waals surface area contributed by atoms with Crippen molar-refractivity contribution in [3.63, 3.8) is 0 Å². The van der Waals surface area contributed by atoms with E-state index in [2.05, 4.69) is 0 Å². The fourth-order valence-electron chi connectivity index (χ4n) is 2.34. The summed E-state index contributed by atoms with van der Waals surface area (Å²) in [5.41, 5.74) is 0.359. The summed E-state index contributed by atoms with van der Waals surface area (Å²) >= 11 is 0. The third-order valence-electron chi connectivity index (χ3n) is 3.36. The van der Waals surface area contributed by atoms with Crippen molar-refractivity contribution in [1.82, 2.24) is 0 Å². The number of carbonyl (C=O) groups excluding carboxylic acids is 2. The highest BCUT2D eigenvalue weighted by Gasteiger charge is 2.25. The Bertz CT molecular complexity index is 437. The molecule has 0 heterocycles. The van der Waals surface area contributed by atoms with Crippen LogP contribution in [0.5, 0.6) is 5.75 Å². The molecule has 1 aromatic carbocycles. The van der Waals surface area contributed by atoms with Crippen LogP contribution in [-0.4, -0.2) is 16.7 Å². The lowest BCUT2D eigenvalue weighted by atomic mass is 9.96. The SMILES string of the molecule is O=C(CC[C@@H]1CCCC1=O)c1ccccc1O. The Morgan fingerprint density at radius 3 is 2.76 bits per heavy atom. The molecule has 0 bridgehead atoms. The van der Waals surface area contributed by atoms with Crippen molar-refractivity contribution in [3.8, 4) is 5.75 Å². The van der Waals surface area contributed by atoms with E-state index in [1.165, 1.54) is 6.07 Å². The molecule has 90 valence electrons. The summed E-state index contributed by atoms with van der Waals surface area (Å²) in [5.74, 6) is 0.290. The van der Waals surface area contributed by atoms with Gasteiger partial charge in [0.25, 0.3) is 0 Å². The van der Waals surface area contributed by atoms with Crippen LogP contribution in [0.1, 0.15) is 42.5 Å². The first kappa shape index (κ1) is 11.8. The van der Waals surface area contributed by atoms with Gasteiger partial charge in [-0.15, -0.1) is 0 Å². The molecule has 1 fully saturated rings. The molecule has 0 saturated heterocycles. The fraction of sp³-hybridized carbons (Fsp3) is 0.429. The van der Waals surface area contributed by atoms with Crippen LogP contribution >= 0.6 is 0 Å². The van der Waals surface area contributed by atoms with Gasteiger partial charge in [0, 0.05) is 18.8 Å². The van der Waals surface area contributed by atoms with Gasteiger partial charge in [0.2, 0.25) is 0 Å². The van der Waals surface area contributed by atoms with Crippen molar-refractivity contribution in [1.29, 1.82) is 0 Å². The maximum atomic E-state index is 11.9. The lowest BCUT2D eigenvalue weighted by Gasteiger charge is -2.07. The van der Waals surface area contributed by atoms with Gasteiger partial charge in [0.15, 0.2) is 5.78 Å². The Balaban J connectivity index is 1.94. The molecule has 0 amide bonds. The maximum absolute atomic E-state index is 11.9. The first-order valence-corrected chi connectivity index (χ1v) is 6.02. The molecule has 0 unspecified atom stereocenters. The number of benzene rings is 1. The second-order valence-electron chi connectivity index (χ2n) is 4.53. The molecule has 0 radical (unpaired) electrons. The molecule has 3 nitrogen and oxygen atoms in total. The number of phenols is 1. The molecule has 1 N–H and O–H groups in total. The van der Waals surface area contributed by atoms with Crippen LogP contribution in [0.25, 0.3) is 0 Å². The zero-order chi connectivity index (χ0) is 12.3. The molecular weight excluding hydrogens is 216 g/mol. The van der Waals surface area contributed by atoms with Gasteiger partial charge >= 0.3 is 0 Å². The van der Waals surface area contributed by atoms with E-state index in [9.17, 15) is 14.7 Å². The second kappa shape index (κ2) is 5.13. The van der Waals surface area contributed by atoms with Crippen LogP contribution < -0.4 is 0 Å². The molecule has 0 spiro atoms. The van der Waals surface area contributed by atoms with Crippen molar-refractivity contribution < 1.29 is 14.7 Å². The van der Waals surface area contributed by atoms with Crippen LogP contribution in [0.3, 0.4) is 0 Å². The standard InChI is InChI=1S/C14H16O3/c15-12-7-3-4-10(12)8-9-14(17)11-5-1-2-6-13(11)16/h1-2,5-6,10,16H,3-4,7-9H2/t10-/m0/s1. The van der Waals surface area contributed by atoms with Crippen LogP contribution in [0.2, 0.25) is 0 Å². The van der Waals surface area contributed by atoms with Crippen molar-refractivity contribution in [2.45, 2.75) is 32.1 Å². The molecule has 1 saturated carbocycles. The summed E-state index contributed by atoms with van der Waals surface area (Å²) in [5, 5.41) is 9.54. The van der Waals surface area contributed by atoms with Gasteiger partial charge < -0.3 is 5.11 Å². The van der Waals surface area contributed by atoms with E-state index in [1.807, 2.05) is 0 Å². The zero-order valence-electron chi connectivity index (χ0n) is 9.69. The number of ketones is 2. The number of para-hydroxylation sites is 1. The molecule has 1 aromatic rings. The van der Waals surface area contributed by atoms with Crippen molar-refractivity contribution in [2.24, 2.45) is 5.92 Å². The average Bonchev–Trinajstić information content (AvgIpc) is 2.72. The smallest absolute Gasteiger partial charge is 0.166 e. The third kappa shape index (κ3) is 2.73. The molecule has 0 aromatic heterocycles. The van der Waals surface area contributed by atoms with E-state index < -0.39 is 0 Å². The van der Waals surface area contributed by atoms with Crippen LogP contribution in [0.4, 0.5) is 0 Å². The highest BCUT2D eigenvalue weighted by Crippen LogP contribution is 2.27. The molecule has 1 aliphatic carbocycles. The van der Waals surface area contributed by atoms with Gasteiger partial charge in [0.1, 0.15) is 11.5 Å². The van der Waals surface area contributed by atoms with E-state index in [0.717, 1.165) is 12.8 Å². The highest BCUT2D eigenvalue weighted by atomic mass is 16.3. The van der Waals surface area contributed by atoms with Crippen LogP contribution in [0, 0.1) is 5.92 Å². The van der Waals surface area contributed by atoms with Gasteiger partial charge in [-0.3, -0.25) is 9.59 Å². The van der Waals surface area contributed by atoms with Crippen molar-refractivity contribution in [3.05, 3.63) is 29.8 Å². The summed E-state index contributed by atoms with van der Waals surface area (Å²) in [7, 11) is 0. The number of phenolic OH excluding ortho intramolecular Hbond substituents is 1. The zero-order valence-corrected chi connectivity index (χ0v) is 9.69. The van der Waals surface area contributed by atoms with E-state index in [4.69, 9.17) is 0 Å². The van der Waals surface area contributed by atoms with Crippen molar-refractivity contribution >= 4 is 11.6 Å². The Kier molecular flexibility index (Phi) is 3.57. The Hall–Kier alpha value is -1.64. The number of carbonyl (C=O) groups is 2. The first-order valence-electron chi connectivity index (χ1n) is 6.02. The normalized spacial score (nSPS) is 19.5. The lowest BCUT2D eigenvalue weighted by Crippen LogP contribution is -2.09. The van der Waals surface area contributed by atoms with Crippen molar-refractivity contribution in [2.75, 3.05) is 0 Å². The fourth-order valence-corrected chi connectivity index (χ4v) is 2.34. The number of aromatic hydroxyl groups is 1. The Labute approximate surface area is 100 Å². The molecule has 17 heavy (non-hydrogen) atoms. The monoisotopic (exact) mass is 232 g/mol. The Morgan fingerprint density at radius 1 is 1.35 bits per heavy atom. The van der Waals surface area contributed by atoms with Gasteiger partial charge in [-0.05, 0) is 31.4 Å². The molecule has 1 atom stereocenters. The van der Waals surface area contributed by atoms with Gasteiger partial charge in [-0.25, -0.2) is 0 Å². The topological polar surface area (TPSA) is 54.4 Å². The largest absolute Gasteiger partial charge is 0.507 e. The molecule has 3 heteroatoms. The molecule has 2 rings (SSSR count). The quantitative estimate of drug-likeness (QED) is 0.812. The minimum atomic E-state index is -0.0807. The van der Waals surface area contributed by atoms with Crippen LogP contribution in [-0.2, 0) is 4.79 Å². The van der Waals surface area contributed by atoms with E-state index >= 15 is 0 Å². The minimum absolute atomic E-state index is 0.0234. The lowest BCUT2D eigenvalue weighted by molar-refractivity contribution is -0.120. The van der Waals surface area contributed by atoms with E-state index in [1.54, 1.807) is 18.2 Å². The van der Waals surface area contributed by atoms with Gasteiger partial charge in [-0.2, -0.15) is 0 Å². The van der Waals surface area contributed by atoms with E-state index in [0.29, 0.717) is 24.8 Å². The number of hydrogen-bond donors (Lipinski definition) is 1. The Morgan fingerprint density at radius 2 is 2.12 bits per heavy atom. The van der Waals surface area contributed by atoms with Gasteiger partial charge in [-0.1, -0.05) is 12.1 Å². The summed E-state index contributed by atoms with van der Waals surface area (Å²) in [6.45, 7) is 0. The summed E-state index contributed by atoms with van der Waals surface area (Å²) < 4.78 is 0. The first-order chi connectivity index (χ1) is 8.18. The summed E-state index contributed by atoms with van der Waals surface area (Å²) in [4.78, 5) is 23.3. The predicted molar refractivity (Wildman–Crippen MR) is 64.0 cm³/mol. The van der Waals surface area contributed by atoms with E-state index in [-0.39, 0.29) is 23.2 Å². The van der Waals surface area contributed by atoms with Crippen LogP contribution in [0.15, 0.2) is 24.3 Å². The molecular formula is C14H16O3. The highest BCUT2D eigenvalue weighted by molar-refractivity contribution is 5.98. The number of rotatable bonds is 4. The maximum Gasteiger partial charge on any atom is 0.166 e. The summed E-state index contributed by atoms with van der Waals surface area (Å²) in [6.07, 6.45) is 3.48. The molecule has 0 aliphatic heterocycles. The average molecular weight is 232 g/mol. The predicted octanol–water partition coefficient (Wildman–Crippen LogP) is 2.72.